The van der Waals surface area contributed by atoms with Crippen molar-refractivity contribution in [3.63, 3.8) is 0 Å². The van der Waals surface area contributed by atoms with Crippen LogP contribution in [0.25, 0.3) is 0 Å². The van der Waals surface area contributed by atoms with Crippen molar-refractivity contribution >= 4 is 41.9 Å². The van der Waals surface area contributed by atoms with Crippen LogP contribution in [0.3, 0.4) is 0 Å². The summed E-state index contributed by atoms with van der Waals surface area (Å²) in [6, 6.07) is -0.0176. The van der Waals surface area contributed by atoms with Crippen LogP contribution in [0.4, 0.5) is 4.79 Å². The number of nitrogens with zero attached hydrogens (tertiary/aromatic N) is 1. The summed E-state index contributed by atoms with van der Waals surface area (Å²) in [6.07, 6.45) is 2.48. The number of unbranched alkanes of at least 4 members (excludes halogenated alkanes) is 1. The van der Waals surface area contributed by atoms with Gasteiger partial charge in [0.05, 0.1) is 0 Å². The van der Waals surface area contributed by atoms with Crippen LogP contribution < -0.4 is 21.3 Å². The molecular weight excluding hydrogens is 485 g/mol. The molecular formula is C20H42IN5O3. The summed E-state index contributed by atoms with van der Waals surface area (Å²) in [4.78, 5) is 28.3. The lowest BCUT2D eigenvalue weighted by Crippen LogP contribution is -2.49. The molecule has 0 saturated heterocycles. The highest BCUT2D eigenvalue weighted by Gasteiger charge is 2.18. The fraction of sp³-hybridized carbons (Fsp3) is 0.850. The second-order valence-corrected chi connectivity index (χ2v) is 8.86. The van der Waals surface area contributed by atoms with Crippen LogP contribution in [0, 0.1) is 0 Å². The Morgan fingerprint density at radius 2 is 1.66 bits per heavy atom. The van der Waals surface area contributed by atoms with Crippen molar-refractivity contribution in [1.29, 1.82) is 0 Å². The SMILES string of the molecule is CCCCC(CNC(=O)OC(C)(C)C)NC(=NCC(=O)NC(C)(C)C)NCC.I. The lowest BCUT2D eigenvalue weighted by molar-refractivity contribution is -0.121. The predicted molar refractivity (Wildman–Crippen MR) is 130 cm³/mol. The van der Waals surface area contributed by atoms with Gasteiger partial charge in [-0.25, -0.2) is 9.79 Å². The number of guanidine groups is 1. The number of carbonyl (C=O) groups is 2. The molecule has 172 valence electrons. The number of amides is 2. The Hall–Kier alpha value is -1.26. The Morgan fingerprint density at radius 1 is 1.03 bits per heavy atom. The molecule has 2 amide bonds. The van der Waals surface area contributed by atoms with E-state index in [4.69, 9.17) is 4.74 Å². The van der Waals surface area contributed by atoms with E-state index in [1.54, 1.807) is 0 Å². The van der Waals surface area contributed by atoms with Gasteiger partial charge in [-0.15, -0.1) is 24.0 Å². The van der Waals surface area contributed by atoms with Crippen molar-refractivity contribution < 1.29 is 14.3 Å². The molecule has 0 aromatic carbocycles. The third-order valence-corrected chi connectivity index (χ3v) is 3.38. The number of halogens is 1. The van der Waals surface area contributed by atoms with Gasteiger partial charge in [0.25, 0.3) is 0 Å². The molecule has 1 unspecified atom stereocenters. The molecule has 0 heterocycles. The lowest BCUT2D eigenvalue weighted by atomic mass is 10.1. The molecule has 1 atom stereocenters. The minimum absolute atomic E-state index is 0. The van der Waals surface area contributed by atoms with Gasteiger partial charge in [0.15, 0.2) is 5.96 Å². The second kappa shape index (κ2) is 14.7. The van der Waals surface area contributed by atoms with Gasteiger partial charge in [-0.05, 0) is 54.9 Å². The van der Waals surface area contributed by atoms with Crippen molar-refractivity contribution in [1.82, 2.24) is 21.3 Å². The zero-order valence-corrected chi connectivity index (χ0v) is 21.7. The first-order valence-corrected chi connectivity index (χ1v) is 10.2. The van der Waals surface area contributed by atoms with Gasteiger partial charge in [0.1, 0.15) is 12.1 Å². The molecule has 0 rings (SSSR count). The van der Waals surface area contributed by atoms with E-state index in [0.717, 1.165) is 19.3 Å². The van der Waals surface area contributed by atoms with Crippen molar-refractivity contribution in [3.8, 4) is 0 Å². The Morgan fingerprint density at radius 3 is 2.14 bits per heavy atom. The Kier molecular flexibility index (Phi) is 15.2. The Bertz CT molecular complexity index is 513. The average Bonchev–Trinajstić information content (AvgIpc) is 2.51. The molecule has 0 aliphatic carbocycles. The third kappa shape index (κ3) is 18.5. The molecule has 0 aliphatic heterocycles. The average molecular weight is 527 g/mol. The smallest absolute Gasteiger partial charge is 0.407 e. The van der Waals surface area contributed by atoms with E-state index in [-0.39, 0.29) is 48.0 Å². The Labute approximate surface area is 193 Å². The highest BCUT2D eigenvalue weighted by atomic mass is 127. The highest BCUT2D eigenvalue weighted by Crippen LogP contribution is 2.07. The van der Waals surface area contributed by atoms with E-state index in [2.05, 4.69) is 33.2 Å². The summed E-state index contributed by atoms with van der Waals surface area (Å²) in [5, 5.41) is 12.2. The molecule has 8 nitrogen and oxygen atoms in total. The number of hydrogen-bond donors (Lipinski definition) is 4. The van der Waals surface area contributed by atoms with Gasteiger partial charge in [0, 0.05) is 24.7 Å². The summed E-state index contributed by atoms with van der Waals surface area (Å²) in [5.41, 5.74) is -0.827. The van der Waals surface area contributed by atoms with E-state index in [1.165, 1.54) is 0 Å². The molecule has 0 bridgehead atoms. The zero-order valence-electron chi connectivity index (χ0n) is 19.4. The van der Waals surface area contributed by atoms with E-state index < -0.39 is 11.7 Å². The molecule has 0 fully saturated rings. The van der Waals surface area contributed by atoms with Crippen LogP contribution in [0.2, 0.25) is 0 Å². The van der Waals surface area contributed by atoms with E-state index in [1.807, 2.05) is 48.5 Å². The van der Waals surface area contributed by atoms with Crippen molar-refractivity contribution in [3.05, 3.63) is 0 Å². The van der Waals surface area contributed by atoms with Gasteiger partial charge in [-0.1, -0.05) is 19.8 Å². The predicted octanol–water partition coefficient (Wildman–Crippen LogP) is 3.16. The summed E-state index contributed by atoms with van der Waals surface area (Å²) in [5.74, 6) is 0.417. The van der Waals surface area contributed by atoms with Gasteiger partial charge >= 0.3 is 6.09 Å². The lowest BCUT2D eigenvalue weighted by Gasteiger charge is -2.24. The van der Waals surface area contributed by atoms with Gasteiger partial charge < -0.3 is 26.0 Å². The summed E-state index contributed by atoms with van der Waals surface area (Å²) in [6.45, 7) is 16.5. The van der Waals surface area contributed by atoms with Crippen molar-refractivity contribution in [2.45, 2.75) is 91.8 Å². The maximum atomic E-state index is 12.0. The number of hydrogen-bond acceptors (Lipinski definition) is 4. The number of rotatable bonds is 9. The van der Waals surface area contributed by atoms with Gasteiger partial charge in [0.2, 0.25) is 5.91 Å². The maximum absolute atomic E-state index is 12.0. The van der Waals surface area contributed by atoms with Crippen molar-refractivity contribution in [2.24, 2.45) is 4.99 Å². The minimum Gasteiger partial charge on any atom is -0.444 e. The fourth-order valence-corrected chi connectivity index (χ4v) is 2.32. The van der Waals surface area contributed by atoms with Gasteiger partial charge in [-0.2, -0.15) is 0 Å². The van der Waals surface area contributed by atoms with Crippen LogP contribution in [-0.2, 0) is 9.53 Å². The van der Waals surface area contributed by atoms with E-state index >= 15 is 0 Å². The number of aliphatic imine (C=N–C) groups is 1. The molecule has 0 radical (unpaired) electrons. The number of ether oxygens (including phenoxy) is 1. The van der Waals surface area contributed by atoms with Gasteiger partial charge in [-0.3, -0.25) is 4.79 Å². The van der Waals surface area contributed by atoms with Crippen LogP contribution in [0.5, 0.6) is 0 Å². The minimum atomic E-state index is -0.534. The van der Waals surface area contributed by atoms with Crippen LogP contribution in [0.15, 0.2) is 4.99 Å². The standard InChI is InChI=1S/C20H41N5O3.HI/c1-9-11-12-15(13-23-18(27)28-20(6,7)8)24-17(21-10-2)22-14-16(26)25-19(3,4)5;/h15H,9-14H2,1-8H3,(H,23,27)(H,25,26)(H2,21,22,24);1H. The Balaban J connectivity index is 0. The van der Waals surface area contributed by atoms with E-state index in [0.29, 0.717) is 19.0 Å². The summed E-state index contributed by atoms with van der Waals surface area (Å²) < 4.78 is 5.29. The molecule has 29 heavy (non-hydrogen) atoms. The van der Waals surface area contributed by atoms with Crippen LogP contribution in [-0.4, -0.2) is 54.8 Å². The highest BCUT2D eigenvalue weighted by molar-refractivity contribution is 14.0. The quantitative estimate of drug-likeness (QED) is 0.210. The fourth-order valence-electron chi connectivity index (χ4n) is 2.32. The largest absolute Gasteiger partial charge is 0.444 e. The second-order valence-electron chi connectivity index (χ2n) is 8.86. The molecule has 4 N–H and O–H groups in total. The maximum Gasteiger partial charge on any atom is 0.407 e. The molecule has 0 aromatic rings. The summed E-state index contributed by atoms with van der Waals surface area (Å²) in [7, 11) is 0. The van der Waals surface area contributed by atoms with Crippen LogP contribution in [0.1, 0.15) is 74.7 Å². The molecule has 0 aliphatic rings. The first kappa shape index (κ1) is 29.9. The monoisotopic (exact) mass is 527 g/mol. The topological polar surface area (TPSA) is 104 Å². The first-order valence-electron chi connectivity index (χ1n) is 10.2. The number of alkyl carbamates (subject to hydrolysis) is 1. The molecule has 0 saturated carbocycles. The zero-order chi connectivity index (χ0) is 21.8. The molecule has 9 heteroatoms. The first-order chi connectivity index (χ1) is 12.9. The number of carbonyl (C=O) groups excluding carboxylic acids is 2. The van der Waals surface area contributed by atoms with Crippen molar-refractivity contribution in [2.75, 3.05) is 19.6 Å². The summed E-state index contributed by atoms with van der Waals surface area (Å²) >= 11 is 0. The van der Waals surface area contributed by atoms with E-state index in [9.17, 15) is 9.59 Å². The normalized spacial score (nSPS) is 13.0. The number of nitrogens with one attached hydrogen (secondary N) is 4. The third-order valence-electron chi connectivity index (χ3n) is 3.38. The molecule has 0 spiro atoms. The molecule has 0 aromatic heterocycles. The van der Waals surface area contributed by atoms with Crippen LogP contribution >= 0.6 is 24.0 Å².